The molecule has 104 valence electrons. The van der Waals surface area contributed by atoms with Gasteiger partial charge in [-0.3, -0.25) is 0 Å². The molecular formula is C20H19N. The largest absolute Gasteiger partial charge is 0.354 e. The van der Waals surface area contributed by atoms with Crippen LogP contribution >= 0.6 is 0 Å². The minimum absolute atomic E-state index is 1.20. The summed E-state index contributed by atoms with van der Waals surface area (Å²) in [4.78, 5) is 3.64. The van der Waals surface area contributed by atoms with E-state index in [4.69, 9.17) is 0 Å². The summed E-state index contributed by atoms with van der Waals surface area (Å²) in [6.07, 6.45) is 7.47. The maximum absolute atomic E-state index is 3.64. The lowest BCUT2D eigenvalue weighted by atomic mass is 9.90. The molecule has 0 spiro atoms. The van der Waals surface area contributed by atoms with Gasteiger partial charge in [-0.05, 0) is 42.9 Å². The molecule has 1 N–H and O–H groups in total. The van der Waals surface area contributed by atoms with E-state index in [1.54, 1.807) is 0 Å². The fourth-order valence-corrected chi connectivity index (χ4v) is 3.36. The van der Waals surface area contributed by atoms with E-state index in [0.717, 1.165) is 0 Å². The molecule has 21 heavy (non-hydrogen) atoms. The van der Waals surface area contributed by atoms with Crippen LogP contribution in [0.5, 0.6) is 0 Å². The molecule has 4 rings (SSSR count). The fraction of sp³-hybridized carbons (Fsp3) is 0.200. The molecule has 1 aliphatic rings. The summed E-state index contributed by atoms with van der Waals surface area (Å²) >= 11 is 0. The fourth-order valence-electron chi connectivity index (χ4n) is 3.36. The number of nitrogens with one attached hydrogen (secondary N) is 1. The van der Waals surface area contributed by atoms with Gasteiger partial charge in [0.15, 0.2) is 0 Å². The van der Waals surface area contributed by atoms with Gasteiger partial charge in [-0.15, -0.1) is 0 Å². The molecular weight excluding hydrogens is 254 g/mol. The zero-order valence-corrected chi connectivity index (χ0v) is 12.1. The lowest BCUT2D eigenvalue weighted by Gasteiger charge is -2.14. The van der Waals surface area contributed by atoms with Gasteiger partial charge in [0.1, 0.15) is 0 Å². The van der Waals surface area contributed by atoms with Gasteiger partial charge in [0.25, 0.3) is 0 Å². The zero-order valence-electron chi connectivity index (χ0n) is 12.1. The molecule has 2 aromatic carbocycles. The molecule has 0 atom stereocenters. The zero-order chi connectivity index (χ0) is 14.1. The first kappa shape index (κ1) is 12.5. The average Bonchev–Trinajstić information content (AvgIpc) is 2.96. The molecule has 0 saturated carbocycles. The molecule has 0 fully saturated rings. The van der Waals surface area contributed by atoms with Crippen LogP contribution in [0.4, 0.5) is 0 Å². The number of aromatic nitrogens is 1. The van der Waals surface area contributed by atoms with Gasteiger partial charge < -0.3 is 4.98 Å². The van der Waals surface area contributed by atoms with E-state index in [-0.39, 0.29) is 0 Å². The molecule has 0 radical (unpaired) electrons. The van der Waals surface area contributed by atoms with E-state index in [1.807, 2.05) is 0 Å². The molecule has 0 amide bonds. The van der Waals surface area contributed by atoms with Crippen LogP contribution in [-0.4, -0.2) is 4.98 Å². The standard InChI is InChI=1S/C20H19N/c1-3-9-15(10-4-1)19-17-13-7-8-14-18(17)21-20(19)16-11-5-2-6-12-16/h2,5-9,11-14,21H,1,3-4,10H2. The number of aromatic amines is 1. The number of rotatable bonds is 2. The Bertz CT molecular complexity index is 793. The number of H-pyrrole nitrogens is 1. The molecule has 0 saturated heterocycles. The number of para-hydroxylation sites is 1. The maximum Gasteiger partial charge on any atom is 0.0541 e. The molecule has 1 nitrogen and oxygen atoms in total. The van der Waals surface area contributed by atoms with E-state index in [9.17, 15) is 0 Å². The van der Waals surface area contributed by atoms with E-state index >= 15 is 0 Å². The summed E-state index contributed by atoms with van der Waals surface area (Å²) in [6.45, 7) is 0. The Kier molecular flexibility index (Phi) is 3.11. The predicted octanol–water partition coefficient (Wildman–Crippen LogP) is 5.79. The Balaban J connectivity index is 1.99. The second-order valence-corrected chi connectivity index (χ2v) is 5.76. The Morgan fingerprint density at radius 2 is 1.62 bits per heavy atom. The lowest BCUT2D eigenvalue weighted by Crippen LogP contribution is -1.93. The van der Waals surface area contributed by atoms with Crippen LogP contribution in [0.15, 0.2) is 60.7 Å². The third-order valence-electron chi connectivity index (χ3n) is 4.38. The molecule has 3 aromatic rings. The Morgan fingerprint density at radius 3 is 2.43 bits per heavy atom. The maximum atomic E-state index is 3.64. The Hall–Kier alpha value is -2.28. The molecule has 1 heterocycles. The van der Waals surface area contributed by atoms with Crippen molar-refractivity contribution in [3.63, 3.8) is 0 Å². The molecule has 0 aliphatic heterocycles. The first-order valence-corrected chi connectivity index (χ1v) is 7.79. The van der Waals surface area contributed by atoms with Crippen molar-refractivity contribution >= 4 is 16.5 Å². The third-order valence-corrected chi connectivity index (χ3v) is 4.38. The van der Waals surface area contributed by atoms with Crippen molar-refractivity contribution in [3.05, 3.63) is 66.2 Å². The van der Waals surface area contributed by atoms with Crippen molar-refractivity contribution in [1.82, 2.24) is 4.98 Å². The van der Waals surface area contributed by atoms with E-state index in [0.29, 0.717) is 0 Å². The van der Waals surface area contributed by atoms with Crippen molar-refractivity contribution in [2.75, 3.05) is 0 Å². The van der Waals surface area contributed by atoms with E-state index < -0.39 is 0 Å². The van der Waals surface area contributed by atoms with Gasteiger partial charge in [-0.2, -0.15) is 0 Å². The van der Waals surface area contributed by atoms with Crippen LogP contribution in [0, 0.1) is 0 Å². The van der Waals surface area contributed by atoms with Crippen molar-refractivity contribution < 1.29 is 0 Å². The predicted molar refractivity (Wildman–Crippen MR) is 90.2 cm³/mol. The number of fused-ring (bicyclic) bond motifs is 1. The van der Waals surface area contributed by atoms with Crippen molar-refractivity contribution in [1.29, 1.82) is 0 Å². The molecule has 1 heteroatoms. The second-order valence-electron chi connectivity index (χ2n) is 5.76. The molecule has 1 aromatic heterocycles. The van der Waals surface area contributed by atoms with Crippen LogP contribution < -0.4 is 0 Å². The summed E-state index contributed by atoms with van der Waals surface area (Å²) < 4.78 is 0. The van der Waals surface area contributed by atoms with Gasteiger partial charge >= 0.3 is 0 Å². The highest BCUT2D eigenvalue weighted by molar-refractivity contribution is 6.00. The molecule has 1 aliphatic carbocycles. The van der Waals surface area contributed by atoms with Gasteiger partial charge in [-0.1, -0.05) is 54.6 Å². The van der Waals surface area contributed by atoms with Crippen LogP contribution in [0.25, 0.3) is 27.7 Å². The molecule has 0 unspecified atom stereocenters. The average molecular weight is 273 g/mol. The lowest BCUT2D eigenvalue weighted by molar-refractivity contribution is 0.742. The van der Waals surface area contributed by atoms with Gasteiger partial charge in [-0.25, -0.2) is 0 Å². The smallest absolute Gasteiger partial charge is 0.0541 e. The van der Waals surface area contributed by atoms with E-state index in [2.05, 4.69) is 65.7 Å². The van der Waals surface area contributed by atoms with Gasteiger partial charge in [0.2, 0.25) is 0 Å². The summed E-state index contributed by atoms with van der Waals surface area (Å²) in [5, 5.41) is 1.35. The van der Waals surface area contributed by atoms with Gasteiger partial charge in [0, 0.05) is 16.5 Å². The third kappa shape index (κ3) is 2.19. The van der Waals surface area contributed by atoms with Crippen LogP contribution in [0.2, 0.25) is 0 Å². The van der Waals surface area contributed by atoms with Crippen LogP contribution in [0.3, 0.4) is 0 Å². The number of hydrogen-bond acceptors (Lipinski definition) is 0. The van der Waals surface area contributed by atoms with Crippen molar-refractivity contribution in [2.24, 2.45) is 0 Å². The molecule has 0 bridgehead atoms. The highest BCUT2D eigenvalue weighted by Crippen LogP contribution is 2.38. The minimum Gasteiger partial charge on any atom is -0.354 e. The van der Waals surface area contributed by atoms with Crippen LogP contribution in [-0.2, 0) is 0 Å². The highest BCUT2D eigenvalue weighted by Gasteiger charge is 2.17. The quantitative estimate of drug-likeness (QED) is 0.608. The van der Waals surface area contributed by atoms with E-state index in [1.165, 1.54) is 59.0 Å². The summed E-state index contributed by atoms with van der Waals surface area (Å²) in [6, 6.07) is 19.3. The Labute approximate surface area is 125 Å². The summed E-state index contributed by atoms with van der Waals surface area (Å²) in [5.41, 5.74) is 6.70. The first-order valence-electron chi connectivity index (χ1n) is 7.79. The van der Waals surface area contributed by atoms with Crippen molar-refractivity contribution in [3.8, 4) is 11.3 Å². The highest BCUT2D eigenvalue weighted by atomic mass is 14.7. The number of allylic oxidation sites excluding steroid dienone is 2. The SMILES string of the molecule is C1=C(c2c(-c3ccccc3)[nH]c3ccccc23)CCCC1. The normalized spacial score (nSPS) is 15.1. The first-order chi connectivity index (χ1) is 10.4. The number of benzene rings is 2. The second kappa shape index (κ2) is 5.25. The minimum atomic E-state index is 1.20. The topological polar surface area (TPSA) is 15.8 Å². The Morgan fingerprint density at radius 1 is 0.810 bits per heavy atom. The summed E-state index contributed by atoms with van der Waals surface area (Å²) in [5.74, 6) is 0. The summed E-state index contributed by atoms with van der Waals surface area (Å²) in [7, 11) is 0. The van der Waals surface area contributed by atoms with Crippen molar-refractivity contribution in [2.45, 2.75) is 25.7 Å². The monoisotopic (exact) mass is 273 g/mol. The number of hydrogen-bond donors (Lipinski definition) is 1. The van der Waals surface area contributed by atoms with Gasteiger partial charge in [0.05, 0.1) is 5.69 Å². The van der Waals surface area contributed by atoms with Crippen LogP contribution in [0.1, 0.15) is 31.2 Å².